The SMILES string of the molecule is N#CC1=C(C#N)[C@@H]2C3C4=C[C@H]1C32CCCc1ccc(cc1)CCC4. The summed E-state index contributed by atoms with van der Waals surface area (Å²) in [6.07, 6.45) is 9.19. The zero-order valence-electron chi connectivity index (χ0n) is 13.8. The van der Waals surface area contributed by atoms with Gasteiger partial charge in [-0.2, -0.15) is 10.5 Å². The van der Waals surface area contributed by atoms with E-state index < -0.39 is 0 Å². The first-order chi connectivity index (χ1) is 11.8. The van der Waals surface area contributed by atoms with Crippen LogP contribution in [0, 0.1) is 45.8 Å². The van der Waals surface area contributed by atoms with Crippen LogP contribution in [0.5, 0.6) is 0 Å². The minimum atomic E-state index is 0.193. The van der Waals surface area contributed by atoms with Crippen molar-refractivity contribution in [2.75, 3.05) is 0 Å². The van der Waals surface area contributed by atoms with E-state index in [0.717, 1.165) is 43.3 Å². The van der Waals surface area contributed by atoms with Gasteiger partial charge >= 0.3 is 0 Å². The van der Waals surface area contributed by atoms with Crippen LogP contribution in [0.3, 0.4) is 0 Å². The van der Waals surface area contributed by atoms with Crippen molar-refractivity contribution in [2.24, 2.45) is 23.2 Å². The van der Waals surface area contributed by atoms with E-state index >= 15 is 0 Å². The number of rotatable bonds is 0. The largest absolute Gasteiger partial charge is 0.193 e. The van der Waals surface area contributed by atoms with Crippen LogP contribution < -0.4 is 0 Å². The van der Waals surface area contributed by atoms with Gasteiger partial charge in [-0.05, 0) is 61.0 Å². The third-order valence-electron chi connectivity index (χ3n) is 6.92. The van der Waals surface area contributed by atoms with Gasteiger partial charge in [0.2, 0.25) is 0 Å². The summed E-state index contributed by atoms with van der Waals surface area (Å²) >= 11 is 0. The molecule has 1 fully saturated rings. The summed E-state index contributed by atoms with van der Waals surface area (Å²) in [6.45, 7) is 0. The van der Waals surface area contributed by atoms with Crippen molar-refractivity contribution >= 4 is 0 Å². The standard InChI is InChI=1S/C22H20N2/c23-12-17-18(13-24)21-20-16-5-1-3-14-6-8-15(9-7-14)4-2-10-22(20,21)19(17)11-16/h6-9,11,19-21H,1-5,10H2/t19-,20?,21-,22?/m1/s1. The van der Waals surface area contributed by atoms with E-state index in [1.54, 1.807) is 0 Å². The van der Waals surface area contributed by atoms with Crippen LogP contribution in [0.15, 0.2) is 47.1 Å². The lowest BCUT2D eigenvalue weighted by Crippen LogP contribution is -2.13. The van der Waals surface area contributed by atoms with Crippen molar-refractivity contribution in [3.8, 4) is 12.1 Å². The zero-order valence-corrected chi connectivity index (χ0v) is 13.8. The lowest BCUT2D eigenvalue weighted by Gasteiger charge is -2.19. The summed E-state index contributed by atoms with van der Waals surface area (Å²) in [5, 5.41) is 19.2. The molecule has 1 saturated carbocycles. The predicted octanol–water partition coefficient (Wildman–Crippen LogP) is 4.49. The topological polar surface area (TPSA) is 47.6 Å². The molecule has 0 aliphatic heterocycles. The van der Waals surface area contributed by atoms with Crippen molar-refractivity contribution < 1.29 is 0 Å². The second kappa shape index (κ2) is 4.84. The lowest BCUT2D eigenvalue weighted by molar-refractivity contribution is 0.370. The van der Waals surface area contributed by atoms with E-state index in [1.165, 1.54) is 23.1 Å². The van der Waals surface area contributed by atoms with Crippen LogP contribution >= 0.6 is 0 Å². The molecule has 0 amide bonds. The smallest absolute Gasteiger partial charge is 0.0964 e. The van der Waals surface area contributed by atoms with Crippen LogP contribution in [0.2, 0.25) is 0 Å². The Hall–Kier alpha value is -2.32. The molecule has 0 heterocycles. The molecule has 1 spiro atoms. The molecule has 1 aromatic carbocycles. The Bertz CT molecular complexity index is 859. The molecule has 2 nitrogen and oxygen atoms in total. The number of fused-ring (bicyclic) bond motifs is 6. The van der Waals surface area contributed by atoms with E-state index in [0.29, 0.717) is 11.8 Å². The van der Waals surface area contributed by atoms with Gasteiger partial charge in [0.25, 0.3) is 0 Å². The van der Waals surface area contributed by atoms with Gasteiger partial charge in [-0.25, -0.2) is 0 Å². The van der Waals surface area contributed by atoms with Gasteiger partial charge in [-0.3, -0.25) is 0 Å². The highest BCUT2D eigenvalue weighted by molar-refractivity contribution is 5.61. The summed E-state index contributed by atoms with van der Waals surface area (Å²) in [5.41, 5.74) is 6.17. The van der Waals surface area contributed by atoms with Crippen LogP contribution in [0.4, 0.5) is 0 Å². The first kappa shape index (κ1) is 14.1. The molecule has 5 aliphatic carbocycles. The molecule has 2 heteroatoms. The molecular weight excluding hydrogens is 292 g/mol. The molecule has 2 unspecified atom stereocenters. The average Bonchev–Trinajstić information content (AvgIpc) is 3.09. The molecule has 5 aliphatic rings. The van der Waals surface area contributed by atoms with E-state index in [-0.39, 0.29) is 11.3 Å². The normalized spacial score (nSPS) is 35.9. The number of allylic oxidation sites excluding steroid dienone is 4. The molecule has 4 bridgehead atoms. The molecule has 0 saturated heterocycles. The first-order valence-electron chi connectivity index (χ1n) is 9.12. The maximum atomic E-state index is 9.60. The molecule has 24 heavy (non-hydrogen) atoms. The monoisotopic (exact) mass is 312 g/mol. The zero-order chi connectivity index (χ0) is 16.3. The Morgan fingerprint density at radius 3 is 2.17 bits per heavy atom. The van der Waals surface area contributed by atoms with Crippen LogP contribution in [-0.2, 0) is 12.8 Å². The maximum Gasteiger partial charge on any atom is 0.0964 e. The van der Waals surface area contributed by atoms with Crippen molar-refractivity contribution in [1.29, 1.82) is 10.5 Å². The molecule has 118 valence electrons. The van der Waals surface area contributed by atoms with Crippen LogP contribution in [0.1, 0.15) is 36.8 Å². The molecule has 1 aromatic rings. The number of benzene rings is 1. The summed E-state index contributed by atoms with van der Waals surface area (Å²) in [6, 6.07) is 13.9. The number of nitrogens with zero attached hydrogens (tertiary/aromatic N) is 2. The Kier molecular flexibility index (Phi) is 2.84. The second-order valence-corrected chi connectivity index (χ2v) is 7.86. The second-order valence-electron chi connectivity index (χ2n) is 7.86. The molecular formula is C22H20N2. The van der Waals surface area contributed by atoms with Crippen LogP contribution in [-0.4, -0.2) is 0 Å². The molecule has 0 N–H and O–H groups in total. The fraction of sp³-hybridized carbons (Fsp3) is 0.455. The van der Waals surface area contributed by atoms with Gasteiger partial charge in [-0.15, -0.1) is 0 Å². The third-order valence-corrected chi connectivity index (χ3v) is 6.92. The minimum Gasteiger partial charge on any atom is -0.193 e. The fourth-order valence-electron chi connectivity index (χ4n) is 5.93. The molecule has 4 atom stereocenters. The highest BCUT2D eigenvalue weighted by atomic mass is 14.8. The number of aryl methyl sites for hydroxylation is 2. The van der Waals surface area contributed by atoms with Crippen molar-refractivity contribution in [2.45, 2.75) is 38.5 Å². The summed E-state index contributed by atoms with van der Waals surface area (Å²) in [7, 11) is 0. The first-order valence-corrected chi connectivity index (χ1v) is 9.12. The van der Waals surface area contributed by atoms with Gasteiger partial charge in [0.05, 0.1) is 17.7 Å². The van der Waals surface area contributed by atoms with E-state index in [4.69, 9.17) is 0 Å². The molecule has 0 radical (unpaired) electrons. The number of hydrogen-bond acceptors (Lipinski definition) is 2. The van der Waals surface area contributed by atoms with Gasteiger partial charge in [-0.1, -0.05) is 35.9 Å². The van der Waals surface area contributed by atoms with Crippen molar-refractivity contribution in [3.63, 3.8) is 0 Å². The Labute approximate surface area is 143 Å². The average molecular weight is 312 g/mol. The Morgan fingerprint density at radius 1 is 0.833 bits per heavy atom. The van der Waals surface area contributed by atoms with Gasteiger partial charge in [0, 0.05) is 17.4 Å². The molecule has 0 aromatic heterocycles. The van der Waals surface area contributed by atoms with E-state index in [1.807, 2.05) is 0 Å². The predicted molar refractivity (Wildman–Crippen MR) is 91.6 cm³/mol. The van der Waals surface area contributed by atoms with Gasteiger partial charge < -0.3 is 0 Å². The van der Waals surface area contributed by atoms with E-state index in [2.05, 4.69) is 42.5 Å². The summed E-state index contributed by atoms with van der Waals surface area (Å²) in [5.74, 6) is 1.14. The highest BCUT2D eigenvalue weighted by Gasteiger charge is 2.76. The third kappa shape index (κ3) is 1.64. The lowest BCUT2D eigenvalue weighted by atomic mass is 9.83. The van der Waals surface area contributed by atoms with E-state index in [9.17, 15) is 10.5 Å². The van der Waals surface area contributed by atoms with Crippen molar-refractivity contribution in [1.82, 2.24) is 0 Å². The quantitative estimate of drug-likeness (QED) is 0.663. The maximum absolute atomic E-state index is 9.60. The fourth-order valence-corrected chi connectivity index (χ4v) is 5.93. The minimum absolute atomic E-state index is 0.193. The Morgan fingerprint density at radius 2 is 1.50 bits per heavy atom. The summed E-state index contributed by atoms with van der Waals surface area (Å²) in [4.78, 5) is 0. The number of nitriles is 2. The van der Waals surface area contributed by atoms with Gasteiger partial charge in [0.1, 0.15) is 0 Å². The summed E-state index contributed by atoms with van der Waals surface area (Å²) < 4.78 is 0. The van der Waals surface area contributed by atoms with Crippen molar-refractivity contribution in [3.05, 3.63) is 58.2 Å². The highest BCUT2D eigenvalue weighted by Crippen LogP contribution is 2.80. The molecule has 6 rings (SSSR count). The number of hydrogen-bond donors (Lipinski definition) is 0. The van der Waals surface area contributed by atoms with Gasteiger partial charge in [0.15, 0.2) is 0 Å². The Balaban J connectivity index is 1.51. The van der Waals surface area contributed by atoms with Crippen LogP contribution in [0.25, 0.3) is 0 Å².